The second-order valence-corrected chi connectivity index (χ2v) is 8.54. The van der Waals surface area contributed by atoms with Crippen molar-refractivity contribution in [2.24, 2.45) is 11.8 Å². The number of amides is 1. The molecule has 1 aromatic heterocycles. The topological polar surface area (TPSA) is 71.4 Å². The third-order valence-corrected chi connectivity index (χ3v) is 5.92. The fourth-order valence-corrected chi connectivity index (χ4v) is 4.45. The number of likely N-dealkylation sites (tertiary alicyclic amines) is 1. The molecular formula is C23H27N3O3. The van der Waals surface area contributed by atoms with Crippen LogP contribution in [0.5, 0.6) is 0 Å². The molecule has 2 aromatic rings. The number of Topliss-reactive ketones (excluding diaryl/α,β-unsaturated/α-hetero) is 1. The SMILES string of the molecule is CC(C)C(=O)Nc1ccc(C(=O)CN2C[C@@H]3C[C@H](C2)c2cccc(=O)n2C3)cc1. The molecule has 2 atom stereocenters. The van der Waals surface area contributed by atoms with Crippen LogP contribution in [0, 0.1) is 11.8 Å². The lowest BCUT2D eigenvalue weighted by atomic mass is 9.83. The number of piperidine rings is 1. The molecule has 6 nitrogen and oxygen atoms in total. The number of rotatable bonds is 5. The molecule has 1 saturated heterocycles. The average Bonchev–Trinajstić information content (AvgIpc) is 2.69. The highest BCUT2D eigenvalue weighted by atomic mass is 16.2. The zero-order chi connectivity index (χ0) is 20.5. The third-order valence-electron chi connectivity index (χ3n) is 5.92. The van der Waals surface area contributed by atoms with Crippen LogP contribution in [0.3, 0.4) is 0 Å². The Balaban J connectivity index is 1.41. The van der Waals surface area contributed by atoms with Crippen molar-refractivity contribution in [2.75, 3.05) is 25.0 Å². The zero-order valence-electron chi connectivity index (χ0n) is 16.9. The van der Waals surface area contributed by atoms with Crippen LogP contribution in [-0.4, -0.2) is 40.8 Å². The Kier molecular flexibility index (Phi) is 5.37. The number of carbonyl (C=O) groups is 2. The van der Waals surface area contributed by atoms with E-state index in [-0.39, 0.29) is 23.2 Å². The minimum absolute atomic E-state index is 0.0386. The molecule has 2 aliphatic heterocycles. The van der Waals surface area contributed by atoms with Crippen LogP contribution in [0.2, 0.25) is 0 Å². The summed E-state index contributed by atoms with van der Waals surface area (Å²) in [6.07, 6.45) is 1.08. The number of carbonyl (C=O) groups excluding carboxylic acids is 2. The summed E-state index contributed by atoms with van der Waals surface area (Å²) in [6.45, 7) is 6.44. The minimum atomic E-state index is -0.0872. The first kappa shape index (κ1) is 19.6. The van der Waals surface area contributed by atoms with Crippen molar-refractivity contribution in [3.8, 4) is 0 Å². The summed E-state index contributed by atoms with van der Waals surface area (Å²) in [6, 6.07) is 12.6. The van der Waals surface area contributed by atoms with Gasteiger partial charge in [-0.1, -0.05) is 19.9 Å². The lowest BCUT2D eigenvalue weighted by Crippen LogP contribution is -2.48. The first-order valence-corrected chi connectivity index (χ1v) is 10.3. The lowest BCUT2D eigenvalue weighted by Gasteiger charge is -2.42. The number of anilines is 1. The molecule has 6 heteroatoms. The highest BCUT2D eigenvalue weighted by Crippen LogP contribution is 2.34. The standard InChI is InChI=1S/C23H27N3O3/c1-15(2)23(29)24-19-8-6-17(7-9-19)21(27)14-25-11-16-10-18(13-25)20-4-3-5-22(28)26(20)12-16/h3-9,15-16,18H,10-14H2,1-2H3,(H,24,29)/t16-,18+/m0/s1. The van der Waals surface area contributed by atoms with Crippen molar-refractivity contribution in [3.63, 3.8) is 0 Å². The Morgan fingerprint density at radius 2 is 1.83 bits per heavy atom. The van der Waals surface area contributed by atoms with Crippen molar-refractivity contribution >= 4 is 17.4 Å². The largest absolute Gasteiger partial charge is 0.326 e. The summed E-state index contributed by atoms with van der Waals surface area (Å²) in [5.41, 5.74) is 2.53. The van der Waals surface area contributed by atoms with Crippen LogP contribution in [0.25, 0.3) is 0 Å². The predicted molar refractivity (Wildman–Crippen MR) is 112 cm³/mol. The van der Waals surface area contributed by atoms with E-state index in [4.69, 9.17) is 0 Å². The molecule has 0 saturated carbocycles. The Morgan fingerprint density at radius 1 is 1.07 bits per heavy atom. The quantitative estimate of drug-likeness (QED) is 0.793. The van der Waals surface area contributed by atoms with Gasteiger partial charge in [0.05, 0.1) is 6.54 Å². The highest BCUT2D eigenvalue weighted by molar-refractivity contribution is 5.98. The number of ketones is 1. The van der Waals surface area contributed by atoms with Crippen LogP contribution in [0.4, 0.5) is 5.69 Å². The molecule has 1 amide bonds. The fourth-order valence-electron chi connectivity index (χ4n) is 4.45. The summed E-state index contributed by atoms with van der Waals surface area (Å²) in [5, 5.41) is 2.84. The average molecular weight is 393 g/mol. The Bertz CT molecular complexity index is 978. The molecule has 152 valence electrons. The van der Waals surface area contributed by atoms with Crippen molar-refractivity contribution in [3.05, 3.63) is 64.1 Å². The van der Waals surface area contributed by atoms with E-state index in [9.17, 15) is 14.4 Å². The van der Waals surface area contributed by atoms with Gasteiger partial charge in [-0.2, -0.15) is 0 Å². The maximum Gasteiger partial charge on any atom is 0.250 e. The van der Waals surface area contributed by atoms with Gasteiger partial charge in [-0.15, -0.1) is 0 Å². The maximum absolute atomic E-state index is 12.8. The van der Waals surface area contributed by atoms with Crippen molar-refractivity contribution in [1.29, 1.82) is 0 Å². The van der Waals surface area contributed by atoms with Gasteiger partial charge < -0.3 is 9.88 Å². The molecule has 29 heavy (non-hydrogen) atoms. The third kappa shape index (κ3) is 4.17. The number of benzene rings is 1. The Hall–Kier alpha value is -2.73. The number of hydrogen-bond donors (Lipinski definition) is 1. The van der Waals surface area contributed by atoms with Crippen LogP contribution in [-0.2, 0) is 11.3 Å². The normalized spacial score (nSPS) is 20.9. The van der Waals surface area contributed by atoms with Gasteiger partial charge in [0.1, 0.15) is 0 Å². The van der Waals surface area contributed by atoms with Gasteiger partial charge >= 0.3 is 0 Å². The molecule has 1 N–H and O–H groups in total. The number of nitrogens with one attached hydrogen (secondary N) is 1. The van der Waals surface area contributed by atoms with Crippen LogP contribution in [0.1, 0.15) is 42.2 Å². The second kappa shape index (κ2) is 7.95. The Labute approximate surface area is 170 Å². The molecule has 0 spiro atoms. The molecule has 2 aliphatic rings. The van der Waals surface area contributed by atoms with E-state index >= 15 is 0 Å². The monoisotopic (exact) mass is 393 g/mol. The zero-order valence-corrected chi connectivity index (χ0v) is 16.9. The smallest absolute Gasteiger partial charge is 0.250 e. The maximum atomic E-state index is 12.8. The summed E-state index contributed by atoms with van der Waals surface area (Å²) >= 11 is 0. The van der Waals surface area contributed by atoms with Crippen LogP contribution in [0.15, 0.2) is 47.3 Å². The number of fused-ring (bicyclic) bond motifs is 4. The Morgan fingerprint density at radius 3 is 2.55 bits per heavy atom. The fraction of sp³-hybridized carbons (Fsp3) is 0.435. The molecule has 0 unspecified atom stereocenters. The van der Waals surface area contributed by atoms with Crippen molar-refractivity contribution < 1.29 is 9.59 Å². The van der Waals surface area contributed by atoms with Crippen molar-refractivity contribution in [1.82, 2.24) is 9.47 Å². The minimum Gasteiger partial charge on any atom is -0.326 e. The first-order valence-electron chi connectivity index (χ1n) is 10.3. The van der Waals surface area contributed by atoms with E-state index in [1.165, 1.54) is 0 Å². The second-order valence-electron chi connectivity index (χ2n) is 8.54. The molecule has 2 bridgehead atoms. The summed E-state index contributed by atoms with van der Waals surface area (Å²) < 4.78 is 1.90. The van der Waals surface area contributed by atoms with Crippen LogP contribution >= 0.6 is 0 Å². The molecule has 0 radical (unpaired) electrons. The van der Waals surface area contributed by atoms with E-state index in [0.29, 0.717) is 29.6 Å². The van der Waals surface area contributed by atoms with Gasteiger partial charge in [0.15, 0.2) is 5.78 Å². The van der Waals surface area contributed by atoms with Gasteiger partial charge in [0.25, 0.3) is 5.56 Å². The summed E-state index contributed by atoms with van der Waals surface area (Å²) in [4.78, 5) is 38.9. The predicted octanol–water partition coefficient (Wildman–Crippen LogP) is 2.74. The van der Waals surface area contributed by atoms with E-state index in [1.54, 1.807) is 30.3 Å². The molecular weight excluding hydrogens is 366 g/mol. The van der Waals surface area contributed by atoms with Gasteiger partial charge in [0, 0.05) is 54.5 Å². The molecule has 3 heterocycles. The van der Waals surface area contributed by atoms with E-state index in [2.05, 4.69) is 10.2 Å². The summed E-state index contributed by atoms with van der Waals surface area (Å²) in [7, 11) is 0. The number of hydrogen-bond acceptors (Lipinski definition) is 4. The number of aromatic nitrogens is 1. The van der Waals surface area contributed by atoms with Gasteiger partial charge in [-0.25, -0.2) is 0 Å². The van der Waals surface area contributed by atoms with E-state index < -0.39 is 0 Å². The molecule has 1 fully saturated rings. The number of nitrogens with zero attached hydrogens (tertiary/aromatic N) is 2. The van der Waals surface area contributed by atoms with E-state index in [1.807, 2.05) is 30.5 Å². The van der Waals surface area contributed by atoms with Gasteiger partial charge in [-0.05, 0) is 42.7 Å². The summed E-state index contributed by atoms with van der Waals surface area (Å²) in [5.74, 6) is 0.664. The van der Waals surface area contributed by atoms with Crippen LogP contribution < -0.4 is 10.9 Å². The molecule has 4 rings (SSSR count). The first-order chi connectivity index (χ1) is 13.9. The van der Waals surface area contributed by atoms with Gasteiger partial charge in [0.2, 0.25) is 5.91 Å². The van der Waals surface area contributed by atoms with Gasteiger partial charge in [-0.3, -0.25) is 19.3 Å². The molecule has 1 aromatic carbocycles. The van der Waals surface area contributed by atoms with E-state index in [0.717, 1.165) is 31.7 Å². The lowest BCUT2D eigenvalue weighted by molar-refractivity contribution is -0.118. The molecule has 0 aliphatic carbocycles. The highest BCUT2D eigenvalue weighted by Gasteiger charge is 2.34. The number of pyridine rings is 1. The van der Waals surface area contributed by atoms with Crippen molar-refractivity contribution in [2.45, 2.75) is 32.7 Å².